The van der Waals surface area contributed by atoms with Crippen molar-refractivity contribution in [3.63, 3.8) is 0 Å². The number of carboxylic acid groups (broad SMARTS) is 1. The molecule has 14 nitrogen and oxygen atoms in total. The third-order valence-corrected chi connectivity index (χ3v) is 7.88. The van der Waals surface area contributed by atoms with E-state index in [4.69, 9.17) is 4.74 Å². The molecule has 4 rings (SSSR count). The number of ether oxygens (including phenoxy) is 1. The number of imidazole rings is 1. The maximum absolute atomic E-state index is 13.6. The number of nitrogens with zero attached hydrogens (tertiary/aromatic N) is 7. The van der Waals surface area contributed by atoms with Crippen molar-refractivity contribution in [3.8, 4) is 0 Å². The Morgan fingerprint density at radius 2 is 1.98 bits per heavy atom. The molecule has 2 atom stereocenters. The molecule has 1 fully saturated rings. The largest absolute Gasteiger partial charge is 0.465 e. The van der Waals surface area contributed by atoms with Crippen molar-refractivity contribution in [2.45, 2.75) is 63.9 Å². The molecule has 0 spiro atoms. The van der Waals surface area contributed by atoms with Crippen molar-refractivity contribution in [1.29, 1.82) is 0 Å². The molecule has 2 N–H and O–H groups in total. The van der Waals surface area contributed by atoms with Crippen molar-refractivity contribution >= 4 is 34.8 Å². The van der Waals surface area contributed by atoms with E-state index in [1.807, 2.05) is 0 Å². The molecule has 1 aliphatic rings. The number of alkyl halides is 3. The third-order valence-electron chi connectivity index (χ3n) is 7.88. The number of anilines is 1. The van der Waals surface area contributed by atoms with Crippen LogP contribution in [0, 0.1) is 5.92 Å². The van der Waals surface area contributed by atoms with E-state index < -0.39 is 48.7 Å². The second-order valence-corrected chi connectivity index (χ2v) is 11.7. The van der Waals surface area contributed by atoms with Crippen LogP contribution in [0.3, 0.4) is 0 Å². The van der Waals surface area contributed by atoms with E-state index in [1.54, 1.807) is 30.8 Å². The van der Waals surface area contributed by atoms with Gasteiger partial charge in [-0.3, -0.25) is 19.0 Å². The van der Waals surface area contributed by atoms with Crippen LogP contribution in [-0.2, 0) is 27.3 Å². The number of fused-ring (bicyclic) bond motifs is 1. The highest BCUT2D eigenvalue weighted by atomic mass is 19.4. The molecule has 0 bridgehead atoms. The average Bonchev–Trinajstić information content (AvgIpc) is 3.41. The number of amides is 3. The van der Waals surface area contributed by atoms with Crippen LogP contribution in [0.2, 0.25) is 0 Å². The van der Waals surface area contributed by atoms with Crippen LogP contribution in [0.5, 0.6) is 0 Å². The Morgan fingerprint density at radius 3 is 2.65 bits per heavy atom. The maximum atomic E-state index is 13.6. The Bertz CT molecular complexity index is 1700. The predicted molar refractivity (Wildman–Crippen MR) is 168 cm³/mol. The smallest absolute Gasteiger partial charge is 0.407 e. The Hall–Kier alpha value is -4.80. The molecule has 0 saturated carbocycles. The van der Waals surface area contributed by atoms with Crippen molar-refractivity contribution < 1.29 is 37.4 Å². The fourth-order valence-electron chi connectivity index (χ4n) is 5.27. The summed E-state index contributed by atoms with van der Waals surface area (Å²) in [7, 11) is 4.52. The van der Waals surface area contributed by atoms with Gasteiger partial charge >= 0.3 is 12.3 Å². The number of rotatable bonds is 13. The lowest BCUT2D eigenvalue weighted by Gasteiger charge is -2.25. The summed E-state index contributed by atoms with van der Waals surface area (Å²) in [4.78, 5) is 65.7. The summed E-state index contributed by atoms with van der Waals surface area (Å²) in [5.74, 6) is -1.36. The van der Waals surface area contributed by atoms with E-state index in [1.165, 1.54) is 41.2 Å². The van der Waals surface area contributed by atoms with Crippen LogP contribution in [-0.4, -0.2) is 97.4 Å². The SMILES string of the molecule is CN(C)C(=O)/C=C/CC[C@@H](CN(C)C(=O)O)C(=O)Nc1cccn(Cc2nc3c(CCC(F)(F)F)ncnc3n2C2CCCCO2)c1=O. The number of aryl methyl sites for hydroxylation is 1. The minimum Gasteiger partial charge on any atom is -0.465 e. The number of halogens is 3. The van der Waals surface area contributed by atoms with E-state index in [2.05, 4.69) is 20.3 Å². The summed E-state index contributed by atoms with van der Waals surface area (Å²) in [5.41, 5.74) is -0.0338. The van der Waals surface area contributed by atoms with E-state index in [-0.39, 0.29) is 42.3 Å². The normalized spacial score (nSPS) is 15.8. The molecule has 0 aliphatic carbocycles. The third kappa shape index (κ3) is 9.39. The molecule has 260 valence electrons. The number of hydrogen-bond donors (Lipinski definition) is 2. The summed E-state index contributed by atoms with van der Waals surface area (Å²) in [6.45, 7) is 0.200. The van der Waals surface area contributed by atoms with Gasteiger partial charge in [-0.1, -0.05) is 6.08 Å². The average molecular weight is 677 g/mol. The Morgan fingerprint density at radius 1 is 1.21 bits per heavy atom. The predicted octanol–water partition coefficient (Wildman–Crippen LogP) is 3.82. The van der Waals surface area contributed by atoms with Crippen LogP contribution < -0.4 is 10.9 Å². The molecule has 1 aliphatic heterocycles. The molecule has 4 heterocycles. The van der Waals surface area contributed by atoms with Gasteiger partial charge in [0.25, 0.3) is 5.56 Å². The second-order valence-electron chi connectivity index (χ2n) is 11.7. The van der Waals surface area contributed by atoms with Gasteiger partial charge in [0.1, 0.15) is 29.6 Å². The minimum absolute atomic E-state index is 0.0639. The minimum atomic E-state index is -4.39. The lowest BCUT2D eigenvalue weighted by Crippen LogP contribution is -2.37. The first-order valence-corrected chi connectivity index (χ1v) is 15.5. The highest BCUT2D eigenvalue weighted by Crippen LogP contribution is 2.30. The Kier molecular flexibility index (Phi) is 11.9. The van der Waals surface area contributed by atoms with Crippen LogP contribution in [0.1, 0.15) is 56.3 Å². The first kappa shape index (κ1) is 36.0. The number of carbonyl (C=O) groups excluding carboxylic acids is 2. The van der Waals surface area contributed by atoms with Crippen molar-refractivity contribution in [2.24, 2.45) is 5.92 Å². The van der Waals surface area contributed by atoms with Gasteiger partial charge in [-0.2, -0.15) is 13.2 Å². The van der Waals surface area contributed by atoms with E-state index in [0.717, 1.165) is 17.7 Å². The molecule has 48 heavy (non-hydrogen) atoms. The van der Waals surface area contributed by atoms with Gasteiger partial charge in [0, 0.05) is 53.3 Å². The van der Waals surface area contributed by atoms with Gasteiger partial charge in [0.05, 0.1) is 18.2 Å². The van der Waals surface area contributed by atoms with Crippen LogP contribution in [0.15, 0.2) is 41.6 Å². The quantitative estimate of drug-likeness (QED) is 0.256. The summed E-state index contributed by atoms with van der Waals surface area (Å²) in [5, 5.41) is 12.0. The standard InChI is InChI=1S/C31H39F3N8O6/c1-39(2)24(43)11-5-4-9-20(17-40(3)30(46)47)28(44)37-22-10-8-15-41(29(22)45)18-23-38-26-21(13-14-31(32,33)34)35-19-36-27(26)42(23)25-12-6-7-16-48-25/h5,8,10-11,15,19-20,25H,4,6-7,9,12-14,16-18H2,1-3H3,(H,37,44)(H,46,47)/b11-5+/t20-,25?/m0/s1. The number of pyridine rings is 1. The molecule has 3 amide bonds. The molecule has 1 saturated heterocycles. The van der Waals surface area contributed by atoms with Gasteiger partial charge in [-0.25, -0.2) is 19.7 Å². The lowest BCUT2D eigenvalue weighted by molar-refractivity contribution is -0.134. The zero-order chi connectivity index (χ0) is 35.0. The monoisotopic (exact) mass is 676 g/mol. The second kappa shape index (κ2) is 15.9. The number of likely N-dealkylation sites (N-methyl/N-ethyl adjacent to an activating group) is 1. The fourth-order valence-corrected chi connectivity index (χ4v) is 5.27. The van der Waals surface area contributed by atoms with Crippen molar-refractivity contribution in [1.82, 2.24) is 33.9 Å². The molecule has 1 unspecified atom stereocenters. The number of aromatic nitrogens is 5. The Labute approximate surface area is 274 Å². The van der Waals surface area contributed by atoms with Crippen molar-refractivity contribution in [2.75, 3.05) is 39.6 Å². The molecular weight excluding hydrogens is 637 g/mol. The zero-order valence-electron chi connectivity index (χ0n) is 26.9. The first-order chi connectivity index (χ1) is 22.7. The number of hydrogen-bond acceptors (Lipinski definition) is 8. The Balaban J connectivity index is 1.61. The van der Waals surface area contributed by atoms with Crippen LogP contribution >= 0.6 is 0 Å². The summed E-state index contributed by atoms with van der Waals surface area (Å²) < 4.78 is 48.1. The number of allylic oxidation sites excluding steroid dienone is 1. The number of carbonyl (C=O) groups is 3. The highest BCUT2D eigenvalue weighted by Gasteiger charge is 2.30. The molecule has 0 aromatic carbocycles. The van der Waals surface area contributed by atoms with Gasteiger partial charge in [0.2, 0.25) is 11.8 Å². The van der Waals surface area contributed by atoms with Gasteiger partial charge in [0.15, 0.2) is 5.65 Å². The summed E-state index contributed by atoms with van der Waals surface area (Å²) >= 11 is 0. The van der Waals surface area contributed by atoms with Crippen LogP contribution in [0.4, 0.5) is 23.7 Å². The first-order valence-electron chi connectivity index (χ1n) is 15.5. The van der Waals surface area contributed by atoms with Gasteiger partial charge < -0.3 is 29.5 Å². The highest BCUT2D eigenvalue weighted by molar-refractivity contribution is 5.92. The summed E-state index contributed by atoms with van der Waals surface area (Å²) in [6.07, 6.45) is 0.828. The molecule has 3 aromatic rings. The molecular formula is C31H39F3N8O6. The van der Waals surface area contributed by atoms with Crippen LogP contribution in [0.25, 0.3) is 11.2 Å². The maximum Gasteiger partial charge on any atom is 0.407 e. The lowest BCUT2D eigenvalue weighted by atomic mass is 10.0. The summed E-state index contributed by atoms with van der Waals surface area (Å²) in [6, 6.07) is 2.96. The van der Waals surface area contributed by atoms with Crippen molar-refractivity contribution in [3.05, 3.63) is 58.7 Å². The molecule has 0 radical (unpaired) electrons. The topological polar surface area (TPSA) is 165 Å². The zero-order valence-corrected chi connectivity index (χ0v) is 26.9. The number of nitrogens with one attached hydrogen (secondary N) is 1. The van der Waals surface area contributed by atoms with E-state index >= 15 is 0 Å². The van der Waals surface area contributed by atoms with E-state index in [0.29, 0.717) is 30.9 Å². The van der Waals surface area contributed by atoms with Gasteiger partial charge in [-0.05, 0) is 50.3 Å². The van der Waals surface area contributed by atoms with Gasteiger partial charge in [-0.15, -0.1) is 0 Å². The van der Waals surface area contributed by atoms with E-state index in [9.17, 15) is 37.5 Å². The molecule has 17 heteroatoms. The molecule has 3 aromatic heterocycles. The fraction of sp³-hybridized carbons (Fsp3) is 0.516.